The predicted octanol–water partition coefficient (Wildman–Crippen LogP) is 3.00. The summed E-state index contributed by atoms with van der Waals surface area (Å²) >= 11 is 0. The van der Waals surface area contributed by atoms with Gasteiger partial charge in [0.25, 0.3) is 0 Å². The fourth-order valence-electron chi connectivity index (χ4n) is 1.44. The Balaban J connectivity index is 3.29. The summed E-state index contributed by atoms with van der Waals surface area (Å²) in [7, 11) is 0. The van der Waals surface area contributed by atoms with E-state index >= 15 is 0 Å². The first-order chi connectivity index (χ1) is 5.57. The molecule has 1 aromatic heterocycles. The number of hydrogen-bond acceptors (Lipinski definition) is 1. The van der Waals surface area contributed by atoms with E-state index in [-0.39, 0.29) is 0 Å². The van der Waals surface area contributed by atoms with Gasteiger partial charge in [0.15, 0.2) is 0 Å². The van der Waals surface area contributed by atoms with Crippen molar-refractivity contribution in [2.45, 2.75) is 33.6 Å². The Morgan fingerprint density at radius 2 is 1.92 bits per heavy atom. The smallest absolute Gasteiger partial charge is 0.116 e. The molecule has 0 spiro atoms. The SMILES string of the molecule is C#Cc1c(C)oc(C(C)C)c1C. The molecule has 1 rings (SSSR count). The molecular formula is C11H14O. The van der Waals surface area contributed by atoms with Crippen molar-refractivity contribution < 1.29 is 4.42 Å². The van der Waals surface area contributed by atoms with Crippen molar-refractivity contribution in [3.8, 4) is 12.3 Å². The van der Waals surface area contributed by atoms with Crippen molar-refractivity contribution in [2.75, 3.05) is 0 Å². The van der Waals surface area contributed by atoms with Crippen LogP contribution in [0.25, 0.3) is 0 Å². The van der Waals surface area contributed by atoms with Gasteiger partial charge in [0.05, 0.1) is 5.56 Å². The highest BCUT2D eigenvalue weighted by atomic mass is 16.3. The second kappa shape index (κ2) is 3.06. The summed E-state index contributed by atoms with van der Waals surface area (Å²) < 4.78 is 5.56. The first-order valence-corrected chi connectivity index (χ1v) is 4.14. The molecule has 1 heteroatoms. The van der Waals surface area contributed by atoms with Crippen LogP contribution in [0, 0.1) is 26.2 Å². The lowest BCUT2D eigenvalue weighted by molar-refractivity contribution is 0.461. The van der Waals surface area contributed by atoms with Crippen molar-refractivity contribution in [1.29, 1.82) is 0 Å². The number of furan rings is 1. The zero-order chi connectivity index (χ0) is 9.30. The van der Waals surface area contributed by atoms with E-state index in [9.17, 15) is 0 Å². The highest BCUT2D eigenvalue weighted by molar-refractivity contribution is 5.44. The Kier molecular flexibility index (Phi) is 2.28. The average Bonchev–Trinajstić information content (AvgIpc) is 2.27. The van der Waals surface area contributed by atoms with Crippen LogP contribution >= 0.6 is 0 Å². The summed E-state index contributed by atoms with van der Waals surface area (Å²) in [5.41, 5.74) is 2.03. The van der Waals surface area contributed by atoms with Crippen molar-refractivity contribution >= 4 is 0 Å². The minimum absolute atomic E-state index is 0.408. The lowest BCUT2D eigenvalue weighted by atomic mass is 10.0. The molecule has 0 fully saturated rings. The molecule has 0 aliphatic carbocycles. The molecule has 0 atom stereocenters. The zero-order valence-electron chi connectivity index (χ0n) is 8.06. The van der Waals surface area contributed by atoms with Gasteiger partial charge in [-0.15, -0.1) is 6.42 Å². The summed E-state index contributed by atoms with van der Waals surface area (Å²) in [5, 5.41) is 0. The summed E-state index contributed by atoms with van der Waals surface area (Å²) in [6.07, 6.45) is 5.35. The average molecular weight is 162 g/mol. The van der Waals surface area contributed by atoms with Gasteiger partial charge >= 0.3 is 0 Å². The lowest BCUT2D eigenvalue weighted by Gasteiger charge is -2.00. The molecule has 12 heavy (non-hydrogen) atoms. The molecule has 0 saturated heterocycles. The van der Waals surface area contributed by atoms with E-state index in [1.54, 1.807) is 0 Å². The summed E-state index contributed by atoms with van der Waals surface area (Å²) in [4.78, 5) is 0. The van der Waals surface area contributed by atoms with Crippen LogP contribution in [0.2, 0.25) is 0 Å². The molecule has 0 unspecified atom stereocenters. The predicted molar refractivity (Wildman–Crippen MR) is 50.2 cm³/mol. The second-order valence-electron chi connectivity index (χ2n) is 3.32. The molecule has 0 saturated carbocycles. The largest absolute Gasteiger partial charge is 0.464 e. The van der Waals surface area contributed by atoms with Gasteiger partial charge in [-0.2, -0.15) is 0 Å². The molecule has 1 aromatic rings. The maximum Gasteiger partial charge on any atom is 0.116 e. The summed E-state index contributed by atoms with van der Waals surface area (Å²) in [5.74, 6) is 4.93. The van der Waals surface area contributed by atoms with Gasteiger partial charge in [-0.3, -0.25) is 0 Å². The van der Waals surface area contributed by atoms with Crippen LogP contribution in [0.1, 0.15) is 42.4 Å². The molecule has 0 bridgehead atoms. The van der Waals surface area contributed by atoms with E-state index in [4.69, 9.17) is 10.8 Å². The number of rotatable bonds is 1. The van der Waals surface area contributed by atoms with Gasteiger partial charge in [-0.05, 0) is 13.8 Å². The van der Waals surface area contributed by atoms with Gasteiger partial charge in [-0.1, -0.05) is 19.8 Å². The van der Waals surface area contributed by atoms with Crippen LogP contribution in [0.5, 0.6) is 0 Å². The topological polar surface area (TPSA) is 13.1 Å². The van der Waals surface area contributed by atoms with Gasteiger partial charge in [0.1, 0.15) is 11.5 Å². The zero-order valence-corrected chi connectivity index (χ0v) is 8.06. The Bertz CT molecular complexity index is 324. The standard InChI is InChI=1S/C11H14O/c1-6-10-8(4)11(7(2)3)12-9(10)5/h1,7H,2-5H3. The fraction of sp³-hybridized carbons (Fsp3) is 0.455. The van der Waals surface area contributed by atoms with E-state index in [2.05, 4.69) is 19.8 Å². The minimum Gasteiger partial charge on any atom is -0.464 e. The van der Waals surface area contributed by atoms with Crippen molar-refractivity contribution in [3.05, 3.63) is 22.6 Å². The van der Waals surface area contributed by atoms with Crippen LogP contribution in [0.4, 0.5) is 0 Å². The first-order valence-electron chi connectivity index (χ1n) is 4.14. The normalized spacial score (nSPS) is 10.3. The molecule has 0 aromatic carbocycles. The monoisotopic (exact) mass is 162 g/mol. The summed E-state index contributed by atoms with van der Waals surface area (Å²) in [6.45, 7) is 8.13. The Morgan fingerprint density at radius 1 is 1.33 bits per heavy atom. The number of terminal acetylenes is 1. The molecule has 0 amide bonds. The van der Waals surface area contributed by atoms with E-state index in [1.807, 2.05) is 13.8 Å². The maximum absolute atomic E-state index is 5.56. The summed E-state index contributed by atoms with van der Waals surface area (Å²) in [6, 6.07) is 0. The van der Waals surface area contributed by atoms with Crippen molar-refractivity contribution in [3.63, 3.8) is 0 Å². The molecule has 1 heterocycles. The van der Waals surface area contributed by atoms with Gasteiger partial charge in [-0.25, -0.2) is 0 Å². The molecule has 64 valence electrons. The second-order valence-corrected chi connectivity index (χ2v) is 3.32. The first kappa shape index (κ1) is 8.93. The Morgan fingerprint density at radius 3 is 2.17 bits per heavy atom. The molecule has 0 aliphatic heterocycles. The van der Waals surface area contributed by atoms with Crippen LogP contribution in [-0.2, 0) is 0 Å². The molecular weight excluding hydrogens is 148 g/mol. The number of hydrogen-bond donors (Lipinski definition) is 0. The molecule has 0 radical (unpaired) electrons. The van der Waals surface area contributed by atoms with Crippen LogP contribution < -0.4 is 0 Å². The lowest BCUT2D eigenvalue weighted by Crippen LogP contribution is -1.86. The molecule has 0 aliphatic rings. The Hall–Kier alpha value is -1.16. The van der Waals surface area contributed by atoms with Crippen LogP contribution in [0.3, 0.4) is 0 Å². The van der Waals surface area contributed by atoms with E-state index in [0.29, 0.717) is 5.92 Å². The highest BCUT2D eigenvalue weighted by Crippen LogP contribution is 2.26. The van der Waals surface area contributed by atoms with E-state index in [1.165, 1.54) is 0 Å². The van der Waals surface area contributed by atoms with Gasteiger partial charge < -0.3 is 4.42 Å². The molecule has 0 N–H and O–H groups in total. The maximum atomic E-state index is 5.56. The minimum atomic E-state index is 0.408. The third-order valence-electron chi connectivity index (χ3n) is 2.03. The van der Waals surface area contributed by atoms with Crippen LogP contribution in [-0.4, -0.2) is 0 Å². The van der Waals surface area contributed by atoms with Gasteiger partial charge in [0, 0.05) is 11.5 Å². The highest BCUT2D eigenvalue weighted by Gasteiger charge is 2.14. The van der Waals surface area contributed by atoms with E-state index in [0.717, 1.165) is 22.6 Å². The van der Waals surface area contributed by atoms with Crippen molar-refractivity contribution in [1.82, 2.24) is 0 Å². The quantitative estimate of drug-likeness (QED) is 0.578. The Labute approximate surface area is 73.8 Å². The van der Waals surface area contributed by atoms with Crippen LogP contribution in [0.15, 0.2) is 4.42 Å². The van der Waals surface area contributed by atoms with E-state index < -0.39 is 0 Å². The van der Waals surface area contributed by atoms with Crippen molar-refractivity contribution in [2.24, 2.45) is 0 Å². The number of aryl methyl sites for hydroxylation is 1. The third kappa shape index (κ3) is 1.25. The third-order valence-corrected chi connectivity index (χ3v) is 2.03. The fourth-order valence-corrected chi connectivity index (χ4v) is 1.44. The molecule has 1 nitrogen and oxygen atoms in total. The van der Waals surface area contributed by atoms with Gasteiger partial charge in [0.2, 0.25) is 0 Å².